The van der Waals surface area contributed by atoms with Gasteiger partial charge in [-0.15, -0.1) is 0 Å². The zero-order valence-corrected chi connectivity index (χ0v) is 16.6. The number of benzene rings is 1. The van der Waals surface area contributed by atoms with E-state index < -0.39 is 0 Å². The predicted octanol–water partition coefficient (Wildman–Crippen LogP) is 2.73. The Balaban J connectivity index is 1.78. The van der Waals surface area contributed by atoms with E-state index in [2.05, 4.69) is 25.5 Å². The molecule has 0 saturated carbocycles. The maximum absolute atomic E-state index is 5.47. The van der Waals surface area contributed by atoms with Crippen LogP contribution in [-0.2, 0) is 12.8 Å². The largest absolute Gasteiger partial charge is 0.496 e. The average Bonchev–Trinajstić information content (AvgIpc) is 3.42. The maximum Gasteiger partial charge on any atom is 0.216 e. The predicted molar refractivity (Wildman–Crippen MR) is 106 cm³/mol. The molecule has 0 radical (unpaired) electrons. The molecular weight excluding hydrogens is 380 g/mol. The lowest BCUT2D eigenvalue weighted by atomic mass is 10.2. The first kappa shape index (κ1) is 18.2. The molecule has 9 nitrogen and oxygen atoms in total. The van der Waals surface area contributed by atoms with Crippen molar-refractivity contribution in [1.82, 2.24) is 25.1 Å². The molecule has 28 heavy (non-hydrogen) atoms. The fraction of sp³-hybridized carbons (Fsp3) is 0.333. The summed E-state index contributed by atoms with van der Waals surface area (Å²) in [5.74, 6) is 2.32. The summed E-state index contributed by atoms with van der Waals surface area (Å²) in [6.07, 6.45) is 4.69. The summed E-state index contributed by atoms with van der Waals surface area (Å²) in [6, 6.07) is 3.53. The van der Waals surface area contributed by atoms with E-state index >= 15 is 0 Å². The van der Waals surface area contributed by atoms with E-state index in [1.54, 1.807) is 44.4 Å². The van der Waals surface area contributed by atoms with Gasteiger partial charge in [0.25, 0.3) is 0 Å². The number of nitrogens with zero attached hydrogens (tertiary/aromatic N) is 4. The van der Waals surface area contributed by atoms with Crippen LogP contribution in [0, 0.1) is 4.77 Å². The second-order valence-corrected chi connectivity index (χ2v) is 6.62. The van der Waals surface area contributed by atoms with Crippen LogP contribution in [0.25, 0.3) is 11.5 Å². The van der Waals surface area contributed by atoms with Gasteiger partial charge >= 0.3 is 0 Å². The molecule has 146 valence electrons. The van der Waals surface area contributed by atoms with E-state index in [0.29, 0.717) is 33.4 Å². The smallest absolute Gasteiger partial charge is 0.216 e. The molecule has 1 aromatic carbocycles. The first-order valence-electron chi connectivity index (χ1n) is 8.74. The molecule has 2 heterocycles. The van der Waals surface area contributed by atoms with Crippen molar-refractivity contribution in [2.24, 2.45) is 5.10 Å². The number of nitrogens with one attached hydrogen (secondary N) is 2. The topological polar surface area (TPSA) is 102 Å². The van der Waals surface area contributed by atoms with Crippen LogP contribution in [0.5, 0.6) is 17.2 Å². The Morgan fingerprint density at radius 1 is 1.07 bits per heavy atom. The van der Waals surface area contributed by atoms with Crippen molar-refractivity contribution in [3.05, 3.63) is 33.7 Å². The van der Waals surface area contributed by atoms with Gasteiger partial charge in [-0.25, -0.2) is 5.10 Å². The lowest BCUT2D eigenvalue weighted by Crippen LogP contribution is -2.01. The summed E-state index contributed by atoms with van der Waals surface area (Å²) in [7, 11) is 4.74. The van der Waals surface area contributed by atoms with E-state index in [9.17, 15) is 0 Å². The van der Waals surface area contributed by atoms with Gasteiger partial charge in [0.15, 0.2) is 0 Å². The second kappa shape index (κ2) is 7.47. The van der Waals surface area contributed by atoms with Crippen molar-refractivity contribution in [2.75, 3.05) is 21.3 Å². The quantitative estimate of drug-likeness (QED) is 0.487. The van der Waals surface area contributed by atoms with E-state index in [4.69, 9.17) is 26.4 Å². The lowest BCUT2D eigenvalue weighted by molar-refractivity contribution is 0.374. The van der Waals surface area contributed by atoms with Crippen LogP contribution in [0.4, 0.5) is 0 Å². The van der Waals surface area contributed by atoms with Gasteiger partial charge in [0.2, 0.25) is 10.6 Å². The van der Waals surface area contributed by atoms with Crippen molar-refractivity contribution in [3.8, 4) is 28.8 Å². The molecule has 0 amide bonds. The highest BCUT2D eigenvalue weighted by Crippen LogP contribution is 2.33. The highest BCUT2D eigenvalue weighted by Gasteiger charge is 2.23. The van der Waals surface area contributed by atoms with E-state index in [1.165, 1.54) is 5.56 Å². The third kappa shape index (κ3) is 3.05. The Morgan fingerprint density at radius 3 is 2.50 bits per heavy atom. The van der Waals surface area contributed by atoms with Crippen LogP contribution in [0.2, 0.25) is 0 Å². The number of aromatic nitrogens is 5. The molecule has 4 rings (SSSR count). The number of aryl methyl sites for hydroxylation is 1. The third-order valence-electron chi connectivity index (χ3n) is 4.72. The Kier molecular flexibility index (Phi) is 4.86. The molecule has 10 heteroatoms. The van der Waals surface area contributed by atoms with Crippen molar-refractivity contribution in [1.29, 1.82) is 0 Å². The van der Waals surface area contributed by atoms with Crippen molar-refractivity contribution >= 4 is 18.4 Å². The Bertz CT molecular complexity index is 1070. The van der Waals surface area contributed by atoms with Crippen molar-refractivity contribution < 1.29 is 14.2 Å². The van der Waals surface area contributed by atoms with E-state index in [1.807, 2.05) is 0 Å². The Morgan fingerprint density at radius 2 is 1.82 bits per heavy atom. The van der Waals surface area contributed by atoms with Crippen LogP contribution in [0.1, 0.15) is 23.2 Å². The van der Waals surface area contributed by atoms with Gasteiger partial charge in [-0.05, 0) is 31.5 Å². The summed E-state index contributed by atoms with van der Waals surface area (Å²) < 4.78 is 18.1. The summed E-state index contributed by atoms with van der Waals surface area (Å²) >= 11 is 5.36. The molecule has 0 unspecified atom stereocenters. The molecule has 2 N–H and O–H groups in total. The number of aromatic amines is 2. The average molecular weight is 400 g/mol. The molecular formula is C18H20N6O3S. The molecule has 0 aliphatic heterocycles. The first-order valence-corrected chi connectivity index (χ1v) is 9.15. The molecule has 0 spiro atoms. The van der Waals surface area contributed by atoms with Gasteiger partial charge in [-0.1, -0.05) is 0 Å². The van der Waals surface area contributed by atoms with Gasteiger partial charge in [-0.2, -0.15) is 20.0 Å². The second-order valence-electron chi connectivity index (χ2n) is 6.24. The lowest BCUT2D eigenvalue weighted by Gasteiger charge is -2.12. The molecule has 0 atom stereocenters. The summed E-state index contributed by atoms with van der Waals surface area (Å²) in [5, 5.41) is 19.2. The molecule has 0 saturated heterocycles. The fourth-order valence-electron chi connectivity index (χ4n) is 3.33. The highest BCUT2D eigenvalue weighted by atomic mass is 32.1. The molecule has 2 aromatic heterocycles. The number of hydrogen-bond donors (Lipinski definition) is 2. The standard InChI is InChI=1S/C18H20N6O3S/c1-25-10-7-14(26-2)12(15(8-10)27-3)9-19-24-17(22-23-18(24)28)16-11-5-4-6-13(11)20-21-16/h7-9H,4-6H2,1-3H3,(H,20,21)(H,23,28)/b19-9-. The first-order chi connectivity index (χ1) is 13.7. The van der Waals surface area contributed by atoms with Gasteiger partial charge < -0.3 is 14.2 Å². The van der Waals surface area contributed by atoms with Gasteiger partial charge in [0.05, 0.1) is 33.1 Å². The van der Waals surface area contributed by atoms with Crippen LogP contribution < -0.4 is 14.2 Å². The van der Waals surface area contributed by atoms with Crippen LogP contribution in [-0.4, -0.2) is 52.6 Å². The molecule has 3 aromatic rings. The summed E-state index contributed by atoms with van der Waals surface area (Å²) in [6.45, 7) is 0. The van der Waals surface area contributed by atoms with Crippen LogP contribution >= 0.6 is 12.2 Å². The minimum absolute atomic E-state index is 0.368. The SMILES string of the molecule is COc1cc(OC)c(/C=N\n2c(-c3n[nH]c4c3CCC4)n[nH]c2=S)c(OC)c1. The molecule has 0 fully saturated rings. The van der Waals surface area contributed by atoms with Crippen LogP contribution in [0.15, 0.2) is 17.2 Å². The Labute approximate surface area is 166 Å². The van der Waals surface area contributed by atoms with Gasteiger partial charge in [-0.3, -0.25) is 5.10 Å². The van der Waals surface area contributed by atoms with E-state index in [0.717, 1.165) is 30.7 Å². The fourth-order valence-corrected chi connectivity index (χ4v) is 3.51. The van der Waals surface area contributed by atoms with Gasteiger partial charge in [0, 0.05) is 23.4 Å². The minimum Gasteiger partial charge on any atom is -0.496 e. The van der Waals surface area contributed by atoms with Gasteiger partial charge in [0.1, 0.15) is 22.9 Å². The number of hydrogen-bond acceptors (Lipinski definition) is 7. The third-order valence-corrected chi connectivity index (χ3v) is 4.99. The van der Waals surface area contributed by atoms with Crippen molar-refractivity contribution in [3.63, 3.8) is 0 Å². The molecule has 0 bridgehead atoms. The number of H-pyrrole nitrogens is 2. The van der Waals surface area contributed by atoms with Crippen molar-refractivity contribution in [2.45, 2.75) is 19.3 Å². The van der Waals surface area contributed by atoms with Crippen LogP contribution in [0.3, 0.4) is 0 Å². The maximum atomic E-state index is 5.47. The Hall–Kier alpha value is -3.14. The number of methoxy groups -OCH3 is 3. The molecule has 1 aliphatic rings. The summed E-state index contributed by atoms with van der Waals surface area (Å²) in [4.78, 5) is 0. The zero-order valence-electron chi connectivity index (χ0n) is 15.8. The van der Waals surface area contributed by atoms with E-state index in [-0.39, 0.29) is 0 Å². The normalized spacial score (nSPS) is 13.1. The molecule has 1 aliphatic carbocycles. The monoisotopic (exact) mass is 400 g/mol. The number of ether oxygens (including phenoxy) is 3. The zero-order chi connectivity index (χ0) is 19.7. The highest BCUT2D eigenvalue weighted by molar-refractivity contribution is 7.71. The minimum atomic E-state index is 0.368. The number of fused-ring (bicyclic) bond motifs is 1. The number of rotatable bonds is 6. The summed E-state index contributed by atoms with van der Waals surface area (Å²) in [5.41, 5.74) is 3.75.